The fourth-order valence-electron chi connectivity index (χ4n) is 2.14. The van der Waals surface area contributed by atoms with Gasteiger partial charge in [0.25, 0.3) is 5.91 Å². The summed E-state index contributed by atoms with van der Waals surface area (Å²) in [7, 11) is 3.95. The highest BCUT2D eigenvalue weighted by Crippen LogP contribution is 2.16. The molecular formula is C16H22N4O. The quantitative estimate of drug-likeness (QED) is 0.911. The van der Waals surface area contributed by atoms with E-state index in [0.717, 1.165) is 23.6 Å². The van der Waals surface area contributed by atoms with Gasteiger partial charge in [0.05, 0.1) is 0 Å². The molecule has 0 saturated carbocycles. The number of nitrogens with one attached hydrogen (secondary N) is 1. The zero-order valence-corrected chi connectivity index (χ0v) is 13.1. The molecule has 0 spiro atoms. The van der Waals surface area contributed by atoms with Gasteiger partial charge in [-0.15, -0.1) is 0 Å². The van der Waals surface area contributed by atoms with E-state index >= 15 is 0 Å². The van der Waals surface area contributed by atoms with Crippen LogP contribution in [0.15, 0.2) is 30.5 Å². The highest BCUT2D eigenvalue weighted by atomic mass is 16.1. The number of hydrogen-bond donors (Lipinski definition) is 1. The van der Waals surface area contributed by atoms with Crippen molar-refractivity contribution in [3.05, 3.63) is 47.5 Å². The van der Waals surface area contributed by atoms with Gasteiger partial charge >= 0.3 is 0 Å². The number of hydrogen-bond acceptors (Lipinski definition) is 3. The minimum Gasteiger partial charge on any atom is -0.349 e. The summed E-state index contributed by atoms with van der Waals surface area (Å²) >= 11 is 0. The first-order chi connectivity index (χ1) is 9.99. The fourth-order valence-corrected chi connectivity index (χ4v) is 2.14. The Morgan fingerprint density at radius 1 is 1.29 bits per heavy atom. The highest BCUT2D eigenvalue weighted by molar-refractivity contribution is 5.92. The van der Waals surface area contributed by atoms with Crippen molar-refractivity contribution in [2.75, 3.05) is 27.2 Å². The van der Waals surface area contributed by atoms with Crippen molar-refractivity contribution in [2.45, 2.75) is 13.8 Å². The Morgan fingerprint density at radius 2 is 2.00 bits per heavy atom. The van der Waals surface area contributed by atoms with Crippen LogP contribution in [0.2, 0.25) is 0 Å². The lowest BCUT2D eigenvalue weighted by Gasteiger charge is -2.09. The molecule has 1 aromatic heterocycles. The third kappa shape index (κ3) is 3.70. The van der Waals surface area contributed by atoms with Crippen LogP contribution < -0.4 is 5.32 Å². The Morgan fingerprint density at radius 3 is 2.67 bits per heavy atom. The Bertz CT molecular complexity index is 631. The number of likely N-dealkylation sites (N-methyl/N-ethyl adjacent to an activating group) is 1. The van der Waals surface area contributed by atoms with Gasteiger partial charge in [0, 0.05) is 25.0 Å². The molecule has 0 atom stereocenters. The van der Waals surface area contributed by atoms with E-state index in [-0.39, 0.29) is 5.91 Å². The monoisotopic (exact) mass is 286 g/mol. The second-order valence-electron chi connectivity index (χ2n) is 5.39. The van der Waals surface area contributed by atoms with Crippen LogP contribution in [0, 0.1) is 13.8 Å². The molecule has 0 aliphatic carbocycles. The van der Waals surface area contributed by atoms with E-state index < -0.39 is 0 Å². The smallest absolute Gasteiger partial charge is 0.271 e. The van der Waals surface area contributed by atoms with Gasteiger partial charge in [-0.2, -0.15) is 0 Å². The van der Waals surface area contributed by atoms with Crippen molar-refractivity contribution in [3.63, 3.8) is 0 Å². The second kappa shape index (κ2) is 6.54. The average Bonchev–Trinajstić information content (AvgIpc) is 2.81. The molecule has 0 bridgehead atoms. The maximum Gasteiger partial charge on any atom is 0.271 e. The van der Waals surface area contributed by atoms with Gasteiger partial charge in [-0.3, -0.25) is 4.79 Å². The predicted octanol–water partition coefficient (Wildman–Crippen LogP) is 1.78. The summed E-state index contributed by atoms with van der Waals surface area (Å²) in [6, 6.07) is 8.06. The number of rotatable bonds is 5. The number of carbonyl (C=O) groups is 1. The first-order valence-corrected chi connectivity index (χ1v) is 7.04. The van der Waals surface area contributed by atoms with Crippen LogP contribution in [0.1, 0.15) is 21.9 Å². The summed E-state index contributed by atoms with van der Waals surface area (Å²) in [5.74, 6) is 0.675. The van der Waals surface area contributed by atoms with Crippen LogP contribution in [0.25, 0.3) is 5.69 Å². The molecule has 2 aromatic rings. The summed E-state index contributed by atoms with van der Waals surface area (Å²) < 4.78 is 1.95. The second-order valence-corrected chi connectivity index (χ2v) is 5.39. The van der Waals surface area contributed by atoms with Crippen molar-refractivity contribution < 1.29 is 4.79 Å². The van der Waals surface area contributed by atoms with Gasteiger partial charge in [-0.1, -0.05) is 18.2 Å². The minimum absolute atomic E-state index is 0.132. The Hall–Kier alpha value is -2.14. The van der Waals surface area contributed by atoms with Gasteiger partial charge in [-0.05, 0) is 39.6 Å². The highest BCUT2D eigenvalue weighted by Gasteiger charge is 2.13. The summed E-state index contributed by atoms with van der Waals surface area (Å²) in [5, 5.41) is 2.88. The van der Waals surface area contributed by atoms with E-state index in [1.165, 1.54) is 0 Å². The zero-order valence-electron chi connectivity index (χ0n) is 13.1. The molecule has 1 amide bonds. The van der Waals surface area contributed by atoms with E-state index in [2.05, 4.69) is 10.3 Å². The Balaban J connectivity index is 2.16. The van der Waals surface area contributed by atoms with Crippen LogP contribution >= 0.6 is 0 Å². The molecule has 1 aromatic carbocycles. The average molecular weight is 286 g/mol. The molecule has 0 radical (unpaired) electrons. The molecule has 0 saturated heterocycles. The lowest BCUT2D eigenvalue weighted by Crippen LogP contribution is -2.31. The first kappa shape index (κ1) is 15.3. The number of para-hydroxylation sites is 1. The van der Waals surface area contributed by atoms with Crippen molar-refractivity contribution in [1.29, 1.82) is 0 Å². The van der Waals surface area contributed by atoms with Crippen LogP contribution in [0.5, 0.6) is 0 Å². The number of aromatic nitrogens is 2. The number of benzene rings is 1. The molecule has 1 heterocycles. The normalized spacial score (nSPS) is 10.9. The number of nitrogens with zero attached hydrogens (tertiary/aromatic N) is 3. The van der Waals surface area contributed by atoms with E-state index in [0.29, 0.717) is 12.2 Å². The Kier molecular flexibility index (Phi) is 4.75. The SMILES string of the molecule is Cc1ccccc1-n1cc(C(=O)NCCN(C)C)nc1C. The molecule has 2 rings (SSSR count). The summed E-state index contributed by atoms with van der Waals surface area (Å²) in [6.07, 6.45) is 1.79. The molecular weight excluding hydrogens is 264 g/mol. The molecule has 5 nitrogen and oxygen atoms in total. The lowest BCUT2D eigenvalue weighted by atomic mass is 10.2. The van der Waals surface area contributed by atoms with Gasteiger partial charge in [0.2, 0.25) is 0 Å². The number of amides is 1. The van der Waals surface area contributed by atoms with Crippen LogP contribution in [-0.2, 0) is 0 Å². The van der Waals surface area contributed by atoms with Gasteiger partial charge in [-0.25, -0.2) is 4.98 Å². The molecule has 112 valence electrons. The van der Waals surface area contributed by atoms with E-state index in [9.17, 15) is 4.79 Å². The van der Waals surface area contributed by atoms with Crippen LogP contribution in [-0.4, -0.2) is 47.5 Å². The largest absolute Gasteiger partial charge is 0.349 e. The van der Waals surface area contributed by atoms with Crippen LogP contribution in [0.3, 0.4) is 0 Å². The summed E-state index contributed by atoms with van der Waals surface area (Å²) in [6.45, 7) is 5.37. The molecule has 0 aliphatic rings. The predicted molar refractivity (Wildman–Crippen MR) is 83.9 cm³/mol. The van der Waals surface area contributed by atoms with E-state index in [1.807, 2.05) is 61.7 Å². The topological polar surface area (TPSA) is 50.2 Å². The van der Waals surface area contributed by atoms with E-state index in [1.54, 1.807) is 6.20 Å². The van der Waals surface area contributed by atoms with Crippen molar-refractivity contribution in [1.82, 2.24) is 19.8 Å². The van der Waals surface area contributed by atoms with Crippen molar-refractivity contribution in [2.24, 2.45) is 0 Å². The third-order valence-corrected chi connectivity index (χ3v) is 3.33. The number of carbonyl (C=O) groups excluding carboxylic acids is 1. The third-order valence-electron chi connectivity index (χ3n) is 3.33. The Labute approximate surface area is 125 Å². The molecule has 0 aliphatic heterocycles. The van der Waals surface area contributed by atoms with Crippen molar-refractivity contribution in [3.8, 4) is 5.69 Å². The van der Waals surface area contributed by atoms with Gasteiger partial charge in [0.1, 0.15) is 11.5 Å². The lowest BCUT2D eigenvalue weighted by molar-refractivity contribution is 0.0946. The standard InChI is InChI=1S/C16H22N4O/c1-12-7-5-6-8-15(12)20-11-14(18-13(20)2)16(21)17-9-10-19(3)4/h5-8,11H,9-10H2,1-4H3,(H,17,21). The molecule has 1 N–H and O–H groups in total. The molecule has 0 fully saturated rings. The maximum atomic E-state index is 12.1. The van der Waals surface area contributed by atoms with Crippen LogP contribution in [0.4, 0.5) is 0 Å². The molecule has 5 heteroatoms. The van der Waals surface area contributed by atoms with Gasteiger partial charge < -0.3 is 14.8 Å². The zero-order chi connectivity index (χ0) is 15.4. The van der Waals surface area contributed by atoms with Crippen molar-refractivity contribution >= 4 is 5.91 Å². The summed E-state index contributed by atoms with van der Waals surface area (Å²) in [5.41, 5.74) is 2.65. The number of imidazole rings is 1. The number of aryl methyl sites for hydroxylation is 2. The maximum absolute atomic E-state index is 12.1. The van der Waals surface area contributed by atoms with Gasteiger partial charge in [0.15, 0.2) is 0 Å². The molecule has 0 unspecified atom stereocenters. The summed E-state index contributed by atoms with van der Waals surface area (Å²) in [4.78, 5) is 18.5. The van der Waals surface area contributed by atoms with E-state index in [4.69, 9.17) is 0 Å². The molecule has 21 heavy (non-hydrogen) atoms. The fraction of sp³-hybridized carbons (Fsp3) is 0.375. The minimum atomic E-state index is -0.132. The first-order valence-electron chi connectivity index (χ1n) is 7.04.